The fourth-order valence-corrected chi connectivity index (χ4v) is 5.51. The van der Waals surface area contributed by atoms with Crippen molar-refractivity contribution in [2.24, 2.45) is 0 Å². The van der Waals surface area contributed by atoms with E-state index in [2.05, 4.69) is 24.4 Å². The summed E-state index contributed by atoms with van der Waals surface area (Å²) < 4.78 is 26.2. The van der Waals surface area contributed by atoms with E-state index in [-0.39, 0.29) is 32.1 Å². The summed E-state index contributed by atoms with van der Waals surface area (Å²) in [7, 11) is -4.37. The lowest BCUT2D eigenvalue weighted by atomic mass is 10.0. The summed E-state index contributed by atoms with van der Waals surface area (Å²) in [6.07, 6.45) is 30.8. The maximum Gasteiger partial charge on any atom is 0.472 e. The maximum atomic E-state index is 11.9. The standard InChI is InChI=1S/C34H66NO8P/c1-3-5-6-7-8-9-10-11-12-13-14-15-16-17-18-19-20-21-22-23-24-25-26-27-34(38)41-30-32(36)31-43-44(39,40)42-29-28-35-33(37)4-2/h11-12,32,36H,3-10,13-31H2,1-2H3,(H,35,37)(H,39,40)/b12-11+. The normalized spacial score (nSPS) is 13.6. The van der Waals surface area contributed by atoms with E-state index in [9.17, 15) is 24.2 Å². The Labute approximate surface area is 268 Å². The third kappa shape index (κ3) is 32.2. The molecule has 0 rings (SSSR count). The number of hydrogen-bond donors (Lipinski definition) is 3. The first-order chi connectivity index (χ1) is 21.3. The zero-order valence-electron chi connectivity index (χ0n) is 28.1. The van der Waals surface area contributed by atoms with Crippen molar-refractivity contribution in [1.82, 2.24) is 5.32 Å². The minimum absolute atomic E-state index is 0.0684. The van der Waals surface area contributed by atoms with Gasteiger partial charge in [-0.1, -0.05) is 129 Å². The average Bonchev–Trinajstić information content (AvgIpc) is 3.01. The van der Waals surface area contributed by atoms with Gasteiger partial charge in [0.2, 0.25) is 5.91 Å². The Morgan fingerprint density at radius 2 is 1.18 bits per heavy atom. The van der Waals surface area contributed by atoms with Crippen molar-refractivity contribution in [3.63, 3.8) is 0 Å². The Balaban J connectivity index is 3.43. The van der Waals surface area contributed by atoms with Crippen molar-refractivity contribution < 1.29 is 37.9 Å². The molecule has 0 aliphatic heterocycles. The van der Waals surface area contributed by atoms with E-state index in [1.54, 1.807) is 6.92 Å². The van der Waals surface area contributed by atoms with Gasteiger partial charge in [0, 0.05) is 19.4 Å². The number of allylic oxidation sites excluding steroid dienone is 2. The number of carbonyl (C=O) groups is 2. The second-order valence-electron chi connectivity index (χ2n) is 11.8. The van der Waals surface area contributed by atoms with Crippen molar-refractivity contribution >= 4 is 19.7 Å². The van der Waals surface area contributed by atoms with Crippen molar-refractivity contribution in [3.8, 4) is 0 Å². The van der Waals surface area contributed by atoms with Gasteiger partial charge < -0.3 is 20.1 Å². The van der Waals surface area contributed by atoms with Crippen LogP contribution in [0.2, 0.25) is 0 Å². The van der Waals surface area contributed by atoms with Crippen LogP contribution in [-0.2, 0) is 27.9 Å². The number of carbonyl (C=O) groups excluding carboxylic acids is 2. The third-order valence-electron chi connectivity index (χ3n) is 7.51. The van der Waals surface area contributed by atoms with Crippen LogP contribution in [0.25, 0.3) is 0 Å². The van der Waals surface area contributed by atoms with Crippen molar-refractivity contribution in [1.29, 1.82) is 0 Å². The highest BCUT2D eigenvalue weighted by molar-refractivity contribution is 7.47. The molecule has 0 saturated heterocycles. The fraction of sp³-hybridized carbons (Fsp3) is 0.882. The Morgan fingerprint density at radius 3 is 1.68 bits per heavy atom. The molecule has 0 radical (unpaired) electrons. The molecule has 0 fully saturated rings. The van der Waals surface area contributed by atoms with E-state index < -0.39 is 26.5 Å². The number of hydrogen-bond acceptors (Lipinski definition) is 7. The highest BCUT2D eigenvalue weighted by atomic mass is 31.2. The first kappa shape index (κ1) is 42.8. The zero-order valence-corrected chi connectivity index (χ0v) is 29.0. The Morgan fingerprint density at radius 1 is 0.705 bits per heavy atom. The molecule has 2 atom stereocenters. The number of ether oxygens (including phenoxy) is 1. The van der Waals surface area contributed by atoms with Crippen LogP contribution >= 0.6 is 7.82 Å². The SMILES string of the molecule is CCCCCCCC/C=C/CCCCCCCCCCCCCCCC(=O)OCC(O)COP(=O)(O)OCCNC(=O)CC. The molecule has 10 heteroatoms. The first-order valence-corrected chi connectivity index (χ1v) is 19.2. The summed E-state index contributed by atoms with van der Waals surface area (Å²) in [5.41, 5.74) is 0. The van der Waals surface area contributed by atoms with Gasteiger partial charge in [-0.3, -0.25) is 18.6 Å². The quantitative estimate of drug-likeness (QED) is 0.0279. The minimum Gasteiger partial charge on any atom is -0.463 e. The number of aliphatic hydroxyl groups is 1. The second-order valence-corrected chi connectivity index (χ2v) is 13.3. The highest BCUT2D eigenvalue weighted by Crippen LogP contribution is 2.42. The summed E-state index contributed by atoms with van der Waals surface area (Å²) in [5, 5.41) is 12.3. The molecule has 9 nitrogen and oxygen atoms in total. The van der Waals surface area contributed by atoms with Gasteiger partial charge in [0.25, 0.3) is 0 Å². The molecular formula is C34H66NO8P. The second kappa shape index (κ2) is 31.7. The number of rotatable bonds is 33. The number of unbranched alkanes of at least 4 members (excludes halogenated alkanes) is 19. The number of amides is 1. The molecule has 0 aliphatic carbocycles. The maximum absolute atomic E-state index is 11.9. The molecule has 0 aromatic heterocycles. The van der Waals surface area contributed by atoms with Crippen LogP contribution in [0.3, 0.4) is 0 Å². The minimum atomic E-state index is -4.37. The summed E-state index contributed by atoms with van der Waals surface area (Å²) in [6, 6.07) is 0. The van der Waals surface area contributed by atoms with E-state index >= 15 is 0 Å². The molecule has 0 aromatic carbocycles. The van der Waals surface area contributed by atoms with Crippen LogP contribution in [-0.4, -0.2) is 54.3 Å². The van der Waals surface area contributed by atoms with Crippen molar-refractivity contribution in [2.45, 2.75) is 168 Å². The number of phosphoric acid groups is 1. The predicted octanol–water partition coefficient (Wildman–Crippen LogP) is 8.71. The lowest BCUT2D eigenvalue weighted by Gasteiger charge is -2.15. The first-order valence-electron chi connectivity index (χ1n) is 17.7. The molecule has 0 saturated carbocycles. The van der Waals surface area contributed by atoms with Crippen molar-refractivity contribution in [3.05, 3.63) is 12.2 Å². The molecule has 0 aromatic rings. The molecule has 3 N–H and O–H groups in total. The molecule has 0 aliphatic rings. The van der Waals surface area contributed by atoms with E-state index in [0.717, 1.165) is 19.3 Å². The smallest absolute Gasteiger partial charge is 0.463 e. The topological polar surface area (TPSA) is 131 Å². The lowest BCUT2D eigenvalue weighted by molar-refractivity contribution is -0.147. The van der Waals surface area contributed by atoms with Gasteiger partial charge in [0.15, 0.2) is 0 Å². The van der Waals surface area contributed by atoms with Crippen molar-refractivity contribution in [2.75, 3.05) is 26.4 Å². The summed E-state index contributed by atoms with van der Waals surface area (Å²) in [5.74, 6) is -0.604. The lowest BCUT2D eigenvalue weighted by Crippen LogP contribution is -2.26. The van der Waals surface area contributed by atoms with E-state index in [4.69, 9.17) is 13.8 Å². The number of nitrogens with one attached hydrogen (secondary N) is 1. The molecule has 0 bridgehead atoms. The fourth-order valence-electron chi connectivity index (χ4n) is 4.76. The van der Waals surface area contributed by atoms with Gasteiger partial charge in [0.1, 0.15) is 12.7 Å². The van der Waals surface area contributed by atoms with E-state index in [0.29, 0.717) is 6.42 Å². The van der Waals surface area contributed by atoms with Gasteiger partial charge in [-0.2, -0.15) is 0 Å². The largest absolute Gasteiger partial charge is 0.472 e. The van der Waals surface area contributed by atoms with Crippen LogP contribution in [0.5, 0.6) is 0 Å². The van der Waals surface area contributed by atoms with Gasteiger partial charge in [-0.25, -0.2) is 4.57 Å². The van der Waals surface area contributed by atoms with Gasteiger partial charge in [-0.15, -0.1) is 0 Å². The number of phosphoric ester groups is 1. The molecule has 0 spiro atoms. The monoisotopic (exact) mass is 647 g/mol. The van der Waals surface area contributed by atoms with Gasteiger partial charge in [-0.05, 0) is 32.1 Å². The highest BCUT2D eigenvalue weighted by Gasteiger charge is 2.23. The average molecular weight is 648 g/mol. The summed E-state index contributed by atoms with van der Waals surface area (Å²) in [6.45, 7) is 2.99. The Bertz CT molecular complexity index is 749. The molecule has 0 heterocycles. The Kier molecular flexibility index (Phi) is 30.8. The molecule has 1 amide bonds. The van der Waals surface area contributed by atoms with E-state index in [1.807, 2.05) is 0 Å². The number of esters is 1. The van der Waals surface area contributed by atoms with Crippen LogP contribution in [0.15, 0.2) is 12.2 Å². The summed E-state index contributed by atoms with van der Waals surface area (Å²) in [4.78, 5) is 32.6. The third-order valence-corrected chi connectivity index (χ3v) is 8.49. The summed E-state index contributed by atoms with van der Waals surface area (Å²) >= 11 is 0. The van der Waals surface area contributed by atoms with E-state index in [1.165, 1.54) is 116 Å². The van der Waals surface area contributed by atoms with Gasteiger partial charge >= 0.3 is 13.8 Å². The van der Waals surface area contributed by atoms with Crippen LogP contribution < -0.4 is 5.32 Å². The van der Waals surface area contributed by atoms with Crippen LogP contribution in [0.1, 0.15) is 162 Å². The number of aliphatic hydroxyl groups excluding tert-OH is 1. The molecular weight excluding hydrogens is 581 g/mol. The molecule has 44 heavy (non-hydrogen) atoms. The predicted molar refractivity (Wildman–Crippen MR) is 178 cm³/mol. The zero-order chi connectivity index (χ0) is 32.6. The molecule has 2 unspecified atom stereocenters. The van der Waals surface area contributed by atoms with Gasteiger partial charge in [0.05, 0.1) is 13.2 Å². The van der Waals surface area contributed by atoms with Crippen LogP contribution in [0, 0.1) is 0 Å². The molecule has 260 valence electrons. The van der Waals surface area contributed by atoms with Crippen LogP contribution in [0.4, 0.5) is 0 Å². The Hall–Kier alpha value is -1.25.